The van der Waals surface area contributed by atoms with Crippen LogP contribution in [0.1, 0.15) is 55.6 Å². The lowest BCUT2D eigenvalue weighted by molar-refractivity contribution is -0.138. The fourth-order valence-electron chi connectivity index (χ4n) is 5.47. The molecule has 2 aromatic rings. The summed E-state index contributed by atoms with van der Waals surface area (Å²) in [6.45, 7) is 6.21. The minimum Gasteiger partial charge on any atom is -0.497 e. The van der Waals surface area contributed by atoms with Crippen molar-refractivity contribution in [2.45, 2.75) is 58.0 Å². The topological polar surface area (TPSA) is 109 Å². The van der Waals surface area contributed by atoms with E-state index in [0.717, 1.165) is 0 Å². The molecule has 232 valence electrons. The van der Waals surface area contributed by atoms with E-state index in [9.17, 15) is 24.2 Å². The second kappa shape index (κ2) is 16.0. The number of aliphatic hydroxyl groups excluding tert-OH is 2. The average Bonchev–Trinajstić information content (AvgIpc) is 2.97. The van der Waals surface area contributed by atoms with Gasteiger partial charge < -0.3 is 34.2 Å². The summed E-state index contributed by atoms with van der Waals surface area (Å²) in [4.78, 5) is 30.6. The highest BCUT2D eigenvalue weighted by molar-refractivity contribution is 5.95. The molecule has 1 heterocycles. The maximum atomic E-state index is 14.7. The maximum absolute atomic E-state index is 14.7. The normalized spacial score (nSPS) is 25.0. The molecule has 0 aliphatic carbocycles. The van der Waals surface area contributed by atoms with Gasteiger partial charge in [0.2, 0.25) is 5.91 Å². The first kappa shape index (κ1) is 33.5. The van der Waals surface area contributed by atoms with Crippen LogP contribution in [0.2, 0.25) is 0 Å². The summed E-state index contributed by atoms with van der Waals surface area (Å²) in [5.74, 6) is -0.751. The summed E-state index contributed by atoms with van der Waals surface area (Å²) in [5, 5.41) is 21.4. The number of aliphatic hydroxyl groups is 2. The Kier molecular flexibility index (Phi) is 12.7. The molecule has 2 aromatic carbocycles. The van der Waals surface area contributed by atoms with Gasteiger partial charge in [0.1, 0.15) is 29.9 Å². The Morgan fingerprint density at radius 1 is 1.05 bits per heavy atom. The van der Waals surface area contributed by atoms with Gasteiger partial charge in [-0.25, -0.2) is 4.39 Å². The monoisotopic (exact) mass is 588 g/mol. The molecule has 0 saturated carbocycles. The lowest BCUT2D eigenvalue weighted by Gasteiger charge is -2.42. The van der Waals surface area contributed by atoms with Gasteiger partial charge in [-0.2, -0.15) is 0 Å². The molecule has 0 aromatic heterocycles. The smallest absolute Gasteiger partial charge is 0.254 e. The van der Waals surface area contributed by atoms with Crippen molar-refractivity contribution in [3.63, 3.8) is 0 Å². The zero-order valence-corrected chi connectivity index (χ0v) is 25.2. The molecule has 1 saturated heterocycles. The number of amides is 2. The summed E-state index contributed by atoms with van der Waals surface area (Å²) in [6.07, 6.45) is -2.22. The molecule has 0 bridgehead atoms. The average molecular weight is 589 g/mol. The van der Waals surface area contributed by atoms with E-state index in [4.69, 9.17) is 14.2 Å². The Morgan fingerprint density at radius 2 is 1.79 bits per heavy atom. The fraction of sp³-hybridized carbons (Fsp3) is 0.562. The number of nitrogens with zero attached hydrogens (tertiary/aromatic N) is 2. The molecule has 10 heteroatoms. The predicted octanol–water partition coefficient (Wildman–Crippen LogP) is 3.69. The van der Waals surface area contributed by atoms with Crippen molar-refractivity contribution in [2.75, 3.05) is 47.1 Å². The number of ether oxygens (including phenoxy) is 3. The van der Waals surface area contributed by atoms with E-state index in [0.29, 0.717) is 42.9 Å². The first-order valence-corrected chi connectivity index (χ1v) is 14.5. The fourth-order valence-corrected chi connectivity index (χ4v) is 5.47. The minimum atomic E-state index is -1.29. The van der Waals surface area contributed by atoms with Crippen LogP contribution in [0.15, 0.2) is 48.5 Å². The Balaban J connectivity index is 2.16. The van der Waals surface area contributed by atoms with Gasteiger partial charge in [-0.05, 0) is 54.7 Å². The third kappa shape index (κ3) is 8.73. The van der Waals surface area contributed by atoms with E-state index in [-0.39, 0.29) is 43.3 Å². The van der Waals surface area contributed by atoms with E-state index < -0.39 is 30.2 Å². The molecule has 5 atom stereocenters. The van der Waals surface area contributed by atoms with Gasteiger partial charge in [-0.1, -0.05) is 32.0 Å². The maximum Gasteiger partial charge on any atom is 0.254 e. The van der Waals surface area contributed by atoms with E-state index in [1.54, 1.807) is 40.1 Å². The summed E-state index contributed by atoms with van der Waals surface area (Å²) >= 11 is 0. The Bertz CT molecular complexity index is 1160. The molecule has 0 radical (unpaired) electrons. The second-order valence-electron chi connectivity index (χ2n) is 11.2. The van der Waals surface area contributed by atoms with Gasteiger partial charge in [0.05, 0.1) is 19.8 Å². The summed E-state index contributed by atoms with van der Waals surface area (Å²) in [6, 6.07) is 12.6. The van der Waals surface area contributed by atoms with Gasteiger partial charge in [0, 0.05) is 51.8 Å². The third-order valence-corrected chi connectivity index (χ3v) is 7.95. The molecule has 1 aliphatic rings. The van der Waals surface area contributed by atoms with Crippen molar-refractivity contribution in [2.24, 2.45) is 11.8 Å². The van der Waals surface area contributed by atoms with Crippen LogP contribution in [0, 0.1) is 17.7 Å². The number of halogens is 1. The molecular formula is C32H45FN2O7. The van der Waals surface area contributed by atoms with E-state index >= 15 is 0 Å². The Morgan fingerprint density at radius 3 is 2.43 bits per heavy atom. The lowest BCUT2D eigenvalue weighted by atomic mass is 9.82. The molecule has 2 N–H and O–H groups in total. The molecule has 42 heavy (non-hydrogen) atoms. The largest absolute Gasteiger partial charge is 0.497 e. The molecule has 1 fully saturated rings. The minimum absolute atomic E-state index is 0.00693. The summed E-state index contributed by atoms with van der Waals surface area (Å²) < 4.78 is 31.2. The highest BCUT2D eigenvalue weighted by atomic mass is 19.1. The molecule has 0 unspecified atom stereocenters. The molecule has 3 rings (SSSR count). The van der Waals surface area contributed by atoms with Gasteiger partial charge in [-0.15, -0.1) is 0 Å². The highest BCUT2D eigenvalue weighted by Crippen LogP contribution is 2.37. The van der Waals surface area contributed by atoms with Crippen LogP contribution in [0.5, 0.6) is 5.75 Å². The third-order valence-electron chi connectivity index (χ3n) is 7.95. The number of rotatable bonds is 5. The van der Waals surface area contributed by atoms with Crippen LogP contribution in [0.25, 0.3) is 0 Å². The number of hydrogen-bond acceptors (Lipinski definition) is 7. The molecule has 2 amide bonds. The van der Waals surface area contributed by atoms with Crippen LogP contribution in [0.4, 0.5) is 4.39 Å². The number of carbonyl (C=O) groups excluding carboxylic acids is 2. The van der Waals surface area contributed by atoms with Gasteiger partial charge >= 0.3 is 0 Å². The van der Waals surface area contributed by atoms with Crippen molar-refractivity contribution in [1.29, 1.82) is 0 Å². The SMILES string of the molecule is COc1cccc(C(=O)N2CCCCOC[C@@H](O)[C@@H](O)[C@H](OC)CN(C(C)=O)C[C@H](C(C)C)[C@H]2c2cccc(F)c2)c1. The van der Waals surface area contributed by atoms with Crippen LogP contribution in [0.3, 0.4) is 0 Å². The van der Waals surface area contributed by atoms with Crippen LogP contribution in [-0.4, -0.2) is 97.2 Å². The van der Waals surface area contributed by atoms with Crippen molar-refractivity contribution in [3.8, 4) is 5.75 Å². The summed E-state index contributed by atoms with van der Waals surface area (Å²) in [5.41, 5.74) is 1.05. The van der Waals surface area contributed by atoms with Crippen LogP contribution >= 0.6 is 0 Å². The summed E-state index contributed by atoms with van der Waals surface area (Å²) in [7, 11) is 2.95. The zero-order valence-electron chi connectivity index (χ0n) is 25.2. The van der Waals surface area contributed by atoms with Crippen molar-refractivity contribution >= 4 is 11.8 Å². The number of hydrogen-bond donors (Lipinski definition) is 2. The molecule has 0 spiro atoms. The zero-order chi connectivity index (χ0) is 30.8. The van der Waals surface area contributed by atoms with Crippen LogP contribution < -0.4 is 4.74 Å². The van der Waals surface area contributed by atoms with E-state index in [2.05, 4.69) is 0 Å². The van der Waals surface area contributed by atoms with E-state index in [1.165, 1.54) is 33.3 Å². The van der Waals surface area contributed by atoms with Crippen molar-refractivity contribution in [1.82, 2.24) is 9.80 Å². The van der Waals surface area contributed by atoms with Gasteiger partial charge in [-0.3, -0.25) is 9.59 Å². The first-order chi connectivity index (χ1) is 20.1. The highest BCUT2D eigenvalue weighted by Gasteiger charge is 2.38. The second-order valence-corrected chi connectivity index (χ2v) is 11.2. The number of carbonyl (C=O) groups is 2. The molecular weight excluding hydrogens is 543 g/mol. The molecule has 1 aliphatic heterocycles. The van der Waals surface area contributed by atoms with Gasteiger partial charge in [0.25, 0.3) is 5.91 Å². The van der Waals surface area contributed by atoms with Gasteiger partial charge in [0.15, 0.2) is 0 Å². The predicted molar refractivity (Wildman–Crippen MR) is 157 cm³/mol. The van der Waals surface area contributed by atoms with Crippen molar-refractivity contribution in [3.05, 3.63) is 65.5 Å². The van der Waals surface area contributed by atoms with E-state index in [1.807, 2.05) is 19.9 Å². The number of methoxy groups -OCH3 is 2. The van der Waals surface area contributed by atoms with Crippen molar-refractivity contribution < 1.29 is 38.4 Å². The number of benzene rings is 2. The quantitative estimate of drug-likeness (QED) is 0.549. The standard InChI is InChI=1S/C32H45FN2O7/c1-21(2)27-18-34(22(3)36)19-29(41-5)31(38)28(37)20-42-15-7-6-14-35(30(27)23-10-8-12-25(33)16-23)32(39)24-11-9-13-26(17-24)40-4/h8-13,16-17,21,27-31,37-38H,6-7,14-15,18-20H2,1-5H3/t27-,28-,29-,30-,31-/m1/s1. The van der Waals surface area contributed by atoms with Crippen LogP contribution in [-0.2, 0) is 14.3 Å². The molecule has 9 nitrogen and oxygen atoms in total. The Hall–Kier alpha value is -3.05. The lowest BCUT2D eigenvalue weighted by Crippen LogP contribution is -2.51. The first-order valence-electron chi connectivity index (χ1n) is 14.5. The Labute approximate surface area is 248 Å².